The molecular weight excluding hydrogens is 230 g/mol. The lowest BCUT2D eigenvalue weighted by molar-refractivity contribution is 0.334. The Balaban J connectivity index is 2.23. The molecule has 5 nitrogen and oxygen atoms in total. The van der Waals surface area contributed by atoms with Crippen LogP contribution in [0.5, 0.6) is 5.75 Å². The molecule has 1 aromatic carbocycles. The van der Waals surface area contributed by atoms with E-state index in [-0.39, 0.29) is 6.04 Å². The first-order valence-electron chi connectivity index (χ1n) is 5.93. The molecule has 0 aliphatic carbocycles. The molecule has 2 aromatic rings. The van der Waals surface area contributed by atoms with Gasteiger partial charge in [0.25, 0.3) is 0 Å². The summed E-state index contributed by atoms with van der Waals surface area (Å²) >= 11 is 0. The van der Waals surface area contributed by atoms with E-state index in [9.17, 15) is 0 Å². The molecule has 2 rings (SSSR count). The summed E-state index contributed by atoms with van der Waals surface area (Å²) in [6.07, 6.45) is 0.904. The lowest BCUT2D eigenvalue weighted by Crippen LogP contribution is -2.15. The maximum atomic E-state index is 5.26. The Bertz CT molecular complexity index is 489. The van der Waals surface area contributed by atoms with Crippen LogP contribution in [0.4, 0.5) is 0 Å². The number of rotatable bonds is 5. The number of nitrogens with one attached hydrogen (secondary N) is 1. The van der Waals surface area contributed by atoms with Crippen molar-refractivity contribution in [3.8, 4) is 17.1 Å². The molecule has 0 radical (unpaired) electrons. The summed E-state index contributed by atoms with van der Waals surface area (Å²) in [5, 5.41) is 7.13. The van der Waals surface area contributed by atoms with Gasteiger partial charge < -0.3 is 14.6 Å². The van der Waals surface area contributed by atoms with E-state index >= 15 is 0 Å². The summed E-state index contributed by atoms with van der Waals surface area (Å²) in [6.45, 7) is 2.07. The van der Waals surface area contributed by atoms with Crippen LogP contribution >= 0.6 is 0 Å². The summed E-state index contributed by atoms with van der Waals surface area (Å²) < 4.78 is 10.4. The molecule has 0 saturated heterocycles. The number of methoxy groups -OCH3 is 1. The van der Waals surface area contributed by atoms with Gasteiger partial charge in [-0.2, -0.15) is 4.98 Å². The molecule has 1 heterocycles. The molecule has 0 bridgehead atoms. The zero-order chi connectivity index (χ0) is 13.0. The molecule has 0 aliphatic rings. The third-order valence-corrected chi connectivity index (χ3v) is 2.84. The molecule has 5 heteroatoms. The monoisotopic (exact) mass is 247 g/mol. The molecule has 0 saturated carbocycles. The minimum Gasteiger partial charge on any atom is -0.497 e. The number of ether oxygens (including phenoxy) is 1. The normalized spacial score (nSPS) is 12.4. The first kappa shape index (κ1) is 12.6. The van der Waals surface area contributed by atoms with Crippen LogP contribution in [0.25, 0.3) is 11.4 Å². The van der Waals surface area contributed by atoms with Gasteiger partial charge in [0.2, 0.25) is 11.7 Å². The van der Waals surface area contributed by atoms with Gasteiger partial charge in [0.1, 0.15) is 5.75 Å². The van der Waals surface area contributed by atoms with Crippen molar-refractivity contribution in [3.63, 3.8) is 0 Å². The van der Waals surface area contributed by atoms with Gasteiger partial charge in [-0.25, -0.2) is 0 Å². The van der Waals surface area contributed by atoms with Crippen molar-refractivity contribution in [1.29, 1.82) is 0 Å². The maximum Gasteiger partial charge on any atom is 0.244 e. The van der Waals surface area contributed by atoms with Crippen LogP contribution in [0.2, 0.25) is 0 Å². The molecule has 0 amide bonds. The van der Waals surface area contributed by atoms with E-state index in [0.717, 1.165) is 17.7 Å². The van der Waals surface area contributed by atoms with Gasteiger partial charge >= 0.3 is 0 Å². The average molecular weight is 247 g/mol. The fraction of sp³-hybridized carbons (Fsp3) is 0.385. The molecule has 1 N–H and O–H groups in total. The highest BCUT2D eigenvalue weighted by Gasteiger charge is 2.15. The Morgan fingerprint density at radius 2 is 2.06 bits per heavy atom. The summed E-state index contributed by atoms with van der Waals surface area (Å²) in [4.78, 5) is 4.40. The fourth-order valence-corrected chi connectivity index (χ4v) is 1.74. The van der Waals surface area contributed by atoms with E-state index in [4.69, 9.17) is 9.26 Å². The van der Waals surface area contributed by atoms with Gasteiger partial charge in [0, 0.05) is 5.56 Å². The minimum absolute atomic E-state index is 0.101. The second kappa shape index (κ2) is 5.64. The van der Waals surface area contributed by atoms with Crippen LogP contribution in [0.1, 0.15) is 25.3 Å². The van der Waals surface area contributed by atoms with Crippen molar-refractivity contribution in [2.75, 3.05) is 14.2 Å². The van der Waals surface area contributed by atoms with Crippen LogP contribution in [0, 0.1) is 0 Å². The average Bonchev–Trinajstić information content (AvgIpc) is 2.90. The van der Waals surface area contributed by atoms with Crippen molar-refractivity contribution < 1.29 is 9.26 Å². The first-order chi connectivity index (χ1) is 8.78. The molecule has 0 fully saturated rings. The highest BCUT2D eigenvalue weighted by Crippen LogP contribution is 2.22. The van der Waals surface area contributed by atoms with E-state index in [0.29, 0.717) is 11.7 Å². The molecule has 18 heavy (non-hydrogen) atoms. The quantitative estimate of drug-likeness (QED) is 0.879. The standard InChI is InChI=1S/C13H17N3O2/c1-4-11(14-2)13-15-12(16-18-13)9-5-7-10(17-3)8-6-9/h5-8,11,14H,4H2,1-3H3. The minimum atomic E-state index is 0.101. The Labute approximate surface area is 106 Å². The van der Waals surface area contributed by atoms with Crippen LogP contribution in [0.15, 0.2) is 28.8 Å². The first-order valence-corrected chi connectivity index (χ1v) is 5.93. The molecule has 1 atom stereocenters. The Kier molecular flexibility index (Phi) is 3.94. The molecule has 96 valence electrons. The molecular formula is C13H17N3O2. The van der Waals surface area contributed by atoms with Crippen molar-refractivity contribution >= 4 is 0 Å². The number of hydrogen-bond donors (Lipinski definition) is 1. The Hall–Kier alpha value is -1.88. The second-order valence-corrected chi connectivity index (χ2v) is 3.93. The maximum absolute atomic E-state index is 5.26. The molecule has 1 aromatic heterocycles. The van der Waals surface area contributed by atoms with Gasteiger partial charge in [0.15, 0.2) is 0 Å². The lowest BCUT2D eigenvalue weighted by atomic mass is 10.2. The van der Waals surface area contributed by atoms with Gasteiger partial charge in [0.05, 0.1) is 13.2 Å². The predicted octanol–water partition coefficient (Wildman–Crippen LogP) is 2.42. The third-order valence-electron chi connectivity index (χ3n) is 2.84. The van der Waals surface area contributed by atoms with E-state index in [1.165, 1.54) is 0 Å². The highest BCUT2D eigenvalue weighted by molar-refractivity contribution is 5.55. The van der Waals surface area contributed by atoms with E-state index in [1.807, 2.05) is 31.3 Å². The summed E-state index contributed by atoms with van der Waals surface area (Å²) in [6, 6.07) is 7.67. The second-order valence-electron chi connectivity index (χ2n) is 3.93. The smallest absolute Gasteiger partial charge is 0.244 e. The number of aromatic nitrogens is 2. The SMILES string of the molecule is CCC(NC)c1nc(-c2ccc(OC)cc2)no1. The zero-order valence-electron chi connectivity index (χ0n) is 10.8. The summed E-state index contributed by atoms with van der Waals surface area (Å²) in [5.41, 5.74) is 0.914. The molecule has 0 spiro atoms. The van der Waals surface area contributed by atoms with Crippen LogP contribution in [-0.2, 0) is 0 Å². The van der Waals surface area contributed by atoms with E-state index < -0.39 is 0 Å². The van der Waals surface area contributed by atoms with Crippen molar-refractivity contribution in [2.45, 2.75) is 19.4 Å². The summed E-state index contributed by atoms with van der Waals surface area (Å²) in [7, 11) is 3.52. The molecule has 1 unspecified atom stereocenters. The fourth-order valence-electron chi connectivity index (χ4n) is 1.74. The van der Waals surface area contributed by atoms with Crippen molar-refractivity contribution in [2.24, 2.45) is 0 Å². The van der Waals surface area contributed by atoms with Crippen LogP contribution < -0.4 is 10.1 Å². The Morgan fingerprint density at radius 1 is 1.33 bits per heavy atom. The van der Waals surface area contributed by atoms with Gasteiger partial charge in [-0.1, -0.05) is 12.1 Å². The van der Waals surface area contributed by atoms with Gasteiger partial charge in [-0.05, 0) is 37.7 Å². The largest absolute Gasteiger partial charge is 0.497 e. The van der Waals surface area contributed by atoms with Crippen LogP contribution in [0.3, 0.4) is 0 Å². The topological polar surface area (TPSA) is 60.2 Å². The zero-order valence-corrected chi connectivity index (χ0v) is 10.8. The molecule has 0 aliphatic heterocycles. The number of nitrogens with zero attached hydrogens (tertiary/aromatic N) is 2. The van der Waals surface area contributed by atoms with E-state index in [1.54, 1.807) is 7.11 Å². The van der Waals surface area contributed by atoms with Gasteiger partial charge in [-0.3, -0.25) is 0 Å². The van der Waals surface area contributed by atoms with E-state index in [2.05, 4.69) is 22.4 Å². The number of hydrogen-bond acceptors (Lipinski definition) is 5. The van der Waals surface area contributed by atoms with Crippen molar-refractivity contribution in [1.82, 2.24) is 15.5 Å². The predicted molar refractivity (Wildman–Crippen MR) is 68.4 cm³/mol. The van der Waals surface area contributed by atoms with Crippen molar-refractivity contribution in [3.05, 3.63) is 30.2 Å². The van der Waals surface area contributed by atoms with Gasteiger partial charge in [-0.15, -0.1) is 0 Å². The summed E-state index contributed by atoms with van der Waals surface area (Å²) in [5.74, 6) is 2.02. The highest BCUT2D eigenvalue weighted by atomic mass is 16.5. The van der Waals surface area contributed by atoms with Crippen LogP contribution in [-0.4, -0.2) is 24.3 Å². The Morgan fingerprint density at radius 3 is 2.61 bits per heavy atom. The number of benzene rings is 1. The third kappa shape index (κ3) is 2.51. The lowest BCUT2D eigenvalue weighted by Gasteiger charge is -2.06.